The van der Waals surface area contributed by atoms with Crippen molar-refractivity contribution in [2.75, 3.05) is 30.9 Å². The van der Waals surface area contributed by atoms with Crippen molar-refractivity contribution in [1.29, 1.82) is 0 Å². The Morgan fingerprint density at radius 2 is 2.14 bits per heavy atom. The molecule has 3 aromatic heterocycles. The molecule has 1 aliphatic heterocycles. The summed E-state index contributed by atoms with van der Waals surface area (Å²) >= 11 is 0. The lowest BCUT2D eigenvalue weighted by Gasteiger charge is -2.28. The Kier molecular flexibility index (Phi) is 7.00. The second-order valence-corrected chi connectivity index (χ2v) is 9.33. The molecule has 5 N–H and O–H groups in total. The zero-order chi connectivity index (χ0) is 24.4. The molecule has 1 saturated heterocycles. The van der Waals surface area contributed by atoms with Crippen LogP contribution in [0.5, 0.6) is 0 Å². The van der Waals surface area contributed by atoms with Crippen LogP contribution in [0.3, 0.4) is 0 Å². The molecule has 35 heavy (non-hydrogen) atoms. The normalized spacial score (nSPS) is 23.8. The summed E-state index contributed by atoms with van der Waals surface area (Å²) in [6.07, 6.45) is 7.07. The fourth-order valence-corrected chi connectivity index (χ4v) is 5.02. The molecule has 4 heterocycles. The van der Waals surface area contributed by atoms with Crippen LogP contribution in [0.4, 0.5) is 17.3 Å². The lowest BCUT2D eigenvalue weighted by atomic mass is 9.93. The Labute approximate surface area is 203 Å². The summed E-state index contributed by atoms with van der Waals surface area (Å²) in [7, 11) is 1.77. The molecule has 1 saturated carbocycles. The molecule has 1 aliphatic carbocycles. The molecule has 2 fully saturated rings. The molecule has 0 radical (unpaired) electrons. The van der Waals surface area contributed by atoms with Gasteiger partial charge in [-0.1, -0.05) is 0 Å². The van der Waals surface area contributed by atoms with Crippen molar-refractivity contribution >= 4 is 23.0 Å². The molecule has 5 rings (SSSR count). The van der Waals surface area contributed by atoms with Crippen molar-refractivity contribution in [1.82, 2.24) is 24.5 Å². The minimum atomic E-state index is -0.990. The van der Waals surface area contributed by atoms with Gasteiger partial charge in [-0.05, 0) is 50.7 Å². The van der Waals surface area contributed by atoms with Crippen LogP contribution in [-0.4, -0.2) is 61.8 Å². The van der Waals surface area contributed by atoms with Gasteiger partial charge in [-0.15, -0.1) is 0 Å². The van der Waals surface area contributed by atoms with Gasteiger partial charge in [0.15, 0.2) is 5.65 Å². The summed E-state index contributed by atoms with van der Waals surface area (Å²) in [5.41, 5.74) is 1.26. The summed E-state index contributed by atoms with van der Waals surface area (Å²) in [5, 5.41) is 34.7. The van der Waals surface area contributed by atoms with E-state index in [0.717, 1.165) is 38.7 Å². The average Bonchev–Trinajstić information content (AvgIpc) is 3.29. The third kappa shape index (κ3) is 5.03. The molecule has 11 nitrogen and oxygen atoms in total. The van der Waals surface area contributed by atoms with Crippen molar-refractivity contribution in [3.05, 3.63) is 46.5 Å². The number of nitrogens with one attached hydrogen (secondary N) is 3. The third-order valence-electron chi connectivity index (χ3n) is 6.86. The number of nitrogens with zero attached hydrogens (tertiary/aromatic N) is 4. The molecule has 0 bridgehead atoms. The Morgan fingerprint density at radius 1 is 1.26 bits per heavy atom. The molecule has 3 aromatic rings. The van der Waals surface area contributed by atoms with Crippen molar-refractivity contribution in [2.24, 2.45) is 0 Å². The molecular weight excluding hydrogens is 450 g/mol. The zero-order valence-corrected chi connectivity index (χ0v) is 19.9. The van der Waals surface area contributed by atoms with Gasteiger partial charge in [0.1, 0.15) is 23.6 Å². The van der Waals surface area contributed by atoms with Gasteiger partial charge >= 0.3 is 0 Å². The predicted octanol–water partition coefficient (Wildman–Crippen LogP) is 1.91. The highest BCUT2D eigenvalue weighted by atomic mass is 16.5. The summed E-state index contributed by atoms with van der Waals surface area (Å²) in [4.78, 5) is 17.9. The van der Waals surface area contributed by atoms with E-state index in [1.165, 1.54) is 0 Å². The van der Waals surface area contributed by atoms with Crippen LogP contribution < -0.4 is 21.5 Å². The lowest BCUT2D eigenvalue weighted by Crippen LogP contribution is -2.38. The maximum atomic E-state index is 13.2. The maximum absolute atomic E-state index is 13.2. The Morgan fingerprint density at radius 3 is 2.91 bits per heavy atom. The number of hydrogen-bond acceptors (Lipinski definition) is 9. The summed E-state index contributed by atoms with van der Waals surface area (Å²) in [6, 6.07) is 5.37. The van der Waals surface area contributed by atoms with E-state index < -0.39 is 6.23 Å². The van der Waals surface area contributed by atoms with Crippen LogP contribution in [-0.2, 0) is 4.74 Å². The number of aliphatic hydroxyl groups excluding tert-OH is 2. The van der Waals surface area contributed by atoms with Crippen LogP contribution in [0.1, 0.15) is 56.4 Å². The fourth-order valence-electron chi connectivity index (χ4n) is 5.02. The number of pyridine rings is 1. The van der Waals surface area contributed by atoms with Crippen LogP contribution in [0.25, 0.3) is 5.65 Å². The number of ether oxygens (including phenoxy) is 1. The third-order valence-corrected chi connectivity index (χ3v) is 6.86. The van der Waals surface area contributed by atoms with Crippen molar-refractivity contribution in [3.8, 4) is 0 Å². The number of anilines is 3. The Balaban J connectivity index is 1.43. The van der Waals surface area contributed by atoms with Gasteiger partial charge in [-0.2, -0.15) is 9.61 Å². The molecular formula is C24H33N7O4. The first kappa shape index (κ1) is 23.7. The molecule has 4 atom stereocenters. The molecule has 1 unspecified atom stereocenters. The highest BCUT2D eigenvalue weighted by molar-refractivity contribution is 5.65. The number of aromatic nitrogens is 4. The molecule has 0 spiro atoms. The minimum Gasteiger partial charge on any atom is -0.393 e. The minimum absolute atomic E-state index is 0.0142. The molecule has 188 valence electrons. The van der Waals surface area contributed by atoms with Gasteiger partial charge in [0.2, 0.25) is 0 Å². The zero-order valence-electron chi connectivity index (χ0n) is 19.9. The fraction of sp³-hybridized carbons (Fsp3) is 0.542. The first-order valence-electron chi connectivity index (χ1n) is 12.3. The van der Waals surface area contributed by atoms with E-state index in [-0.39, 0.29) is 23.7 Å². The van der Waals surface area contributed by atoms with Gasteiger partial charge in [0.25, 0.3) is 5.56 Å². The van der Waals surface area contributed by atoms with E-state index >= 15 is 0 Å². The van der Waals surface area contributed by atoms with E-state index in [9.17, 15) is 15.0 Å². The van der Waals surface area contributed by atoms with E-state index in [4.69, 9.17) is 4.74 Å². The van der Waals surface area contributed by atoms with Gasteiger partial charge in [-0.3, -0.25) is 10.1 Å². The molecule has 11 heteroatoms. The van der Waals surface area contributed by atoms with Crippen LogP contribution in [0.15, 0.2) is 35.4 Å². The largest absolute Gasteiger partial charge is 0.393 e. The SMILES string of the molecule is CNc1cc(Nc2cccn([C@@H]3CCCOC3)c2=O)nc2c(C(O)N[C@@H]3CCC[C@@H](O)C3)cnn12. The van der Waals surface area contributed by atoms with E-state index in [1.807, 2.05) is 6.07 Å². The second kappa shape index (κ2) is 10.3. The highest BCUT2D eigenvalue weighted by Crippen LogP contribution is 2.26. The topological polar surface area (TPSA) is 138 Å². The number of hydrogen-bond donors (Lipinski definition) is 5. The Hall–Kier alpha value is -2.99. The lowest BCUT2D eigenvalue weighted by molar-refractivity contribution is 0.0580. The maximum Gasteiger partial charge on any atom is 0.274 e. The predicted molar refractivity (Wildman–Crippen MR) is 132 cm³/mol. The number of rotatable bonds is 7. The van der Waals surface area contributed by atoms with E-state index in [0.29, 0.717) is 41.6 Å². The van der Waals surface area contributed by atoms with Crippen LogP contribution in [0, 0.1) is 0 Å². The van der Waals surface area contributed by atoms with Gasteiger partial charge in [0, 0.05) is 32.0 Å². The highest BCUT2D eigenvalue weighted by Gasteiger charge is 2.25. The Bertz CT molecular complexity index is 1220. The second-order valence-electron chi connectivity index (χ2n) is 9.33. The standard InChI is InChI=1S/C24H33N7O4/c1-25-21-12-20(28-19-8-3-9-30(24(19)34)16-6-4-10-35-14-16)29-22-18(13-26-31(21)22)23(33)27-15-5-2-7-17(32)11-15/h3,8-9,12-13,15-17,23,25,27,32-33H,2,4-7,10-11,14H2,1H3,(H,28,29)/t15-,16-,17-,23?/m1/s1. The number of aliphatic hydroxyl groups is 2. The molecule has 0 aromatic carbocycles. The van der Waals surface area contributed by atoms with Crippen LogP contribution >= 0.6 is 0 Å². The van der Waals surface area contributed by atoms with Crippen molar-refractivity contribution < 1.29 is 14.9 Å². The summed E-state index contributed by atoms with van der Waals surface area (Å²) in [5.74, 6) is 1.11. The quantitative estimate of drug-likeness (QED) is 0.319. The number of fused-ring (bicyclic) bond motifs is 1. The van der Waals surface area contributed by atoms with Gasteiger partial charge in [0.05, 0.1) is 30.5 Å². The monoisotopic (exact) mass is 483 g/mol. The average molecular weight is 484 g/mol. The van der Waals surface area contributed by atoms with E-state index in [2.05, 4.69) is 26.0 Å². The van der Waals surface area contributed by atoms with Gasteiger partial charge < -0.3 is 30.2 Å². The summed E-state index contributed by atoms with van der Waals surface area (Å²) in [6.45, 7) is 1.26. The van der Waals surface area contributed by atoms with Crippen molar-refractivity contribution in [2.45, 2.75) is 62.9 Å². The van der Waals surface area contributed by atoms with Crippen molar-refractivity contribution in [3.63, 3.8) is 0 Å². The summed E-state index contributed by atoms with van der Waals surface area (Å²) < 4.78 is 8.89. The van der Waals surface area contributed by atoms with Crippen LogP contribution in [0.2, 0.25) is 0 Å². The molecule has 0 amide bonds. The van der Waals surface area contributed by atoms with E-state index in [1.54, 1.807) is 40.7 Å². The van der Waals surface area contributed by atoms with Gasteiger partial charge in [-0.25, -0.2) is 4.98 Å². The molecule has 2 aliphatic rings. The smallest absolute Gasteiger partial charge is 0.274 e. The first-order chi connectivity index (χ1) is 17.0. The first-order valence-corrected chi connectivity index (χ1v) is 12.3.